The molecule has 0 aliphatic rings. The van der Waals surface area contributed by atoms with E-state index in [4.69, 9.17) is 0 Å². The monoisotopic (exact) mass is 287 g/mol. The molecule has 0 N–H and O–H groups in total. The third-order valence-electron chi connectivity index (χ3n) is 3.84. The van der Waals surface area contributed by atoms with Gasteiger partial charge in [-0.15, -0.1) is 0 Å². The van der Waals surface area contributed by atoms with Crippen molar-refractivity contribution in [1.29, 1.82) is 0 Å². The Kier molecular flexibility index (Phi) is 3.47. The molecule has 0 atom stereocenters. The molecule has 0 aromatic carbocycles. The fourth-order valence-corrected chi connectivity index (χ4v) is 2.70. The van der Waals surface area contributed by atoms with Gasteiger partial charge in [0, 0.05) is 16.5 Å². The molecule has 2 aromatic rings. The summed E-state index contributed by atoms with van der Waals surface area (Å²) < 4.78 is 2.11. The van der Waals surface area contributed by atoms with Gasteiger partial charge in [0.1, 0.15) is 6.33 Å². The van der Waals surface area contributed by atoms with E-state index < -0.39 is 0 Å². The van der Waals surface area contributed by atoms with Crippen LogP contribution in [0.1, 0.15) is 79.3 Å². The minimum atomic E-state index is -0.00228. The summed E-state index contributed by atoms with van der Waals surface area (Å²) in [6, 6.07) is 2.32. The summed E-state index contributed by atoms with van der Waals surface area (Å²) in [6.07, 6.45) is 1.69. The van der Waals surface area contributed by atoms with Crippen LogP contribution in [-0.4, -0.2) is 14.6 Å². The van der Waals surface area contributed by atoms with Gasteiger partial charge in [-0.25, -0.2) is 9.50 Å². The molecule has 21 heavy (non-hydrogen) atoms. The molecule has 2 aromatic heterocycles. The predicted molar refractivity (Wildman–Crippen MR) is 89.1 cm³/mol. The minimum Gasteiger partial charge on any atom is -0.237 e. The lowest BCUT2D eigenvalue weighted by Gasteiger charge is -2.23. The van der Waals surface area contributed by atoms with Crippen LogP contribution >= 0.6 is 0 Å². The van der Waals surface area contributed by atoms with Crippen molar-refractivity contribution in [3.8, 4) is 0 Å². The molecule has 2 heterocycles. The minimum absolute atomic E-state index is 0.00228. The molecule has 0 aliphatic heterocycles. The van der Waals surface area contributed by atoms with Crippen LogP contribution in [0.2, 0.25) is 0 Å². The summed E-state index contributed by atoms with van der Waals surface area (Å²) in [7, 11) is 0. The van der Waals surface area contributed by atoms with Gasteiger partial charge >= 0.3 is 0 Å². The molecule has 0 fully saturated rings. The summed E-state index contributed by atoms with van der Waals surface area (Å²) in [6.45, 7) is 20.1. The van der Waals surface area contributed by atoms with Crippen molar-refractivity contribution in [2.75, 3.05) is 0 Å². The number of fused-ring (bicyclic) bond motifs is 1. The van der Waals surface area contributed by atoms with Gasteiger partial charge in [-0.1, -0.05) is 62.3 Å². The summed E-state index contributed by atoms with van der Waals surface area (Å²) in [5.41, 5.74) is 5.00. The largest absolute Gasteiger partial charge is 0.237 e. The Morgan fingerprint density at radius 2 is 1.38 bits per heavy atom. The fourth-order valence-electron chi connectivity index (χ4n) is 2.70. The van der Waals surface area contributed by atoms with Crippen LogP contribution in [0.4, 0.5) is 0 Å². The molecule has 0 amide bonds. The van der Waals surface area contributed by atoms with Crippen molar-refractivity contribution in [3.63, 3.8) is 0 Å². The first-order valence-electron chi connectivity index (χ1n) is 7.71. The highest BCUT2D eigenvalue weighted by Crippen LogP contribution is 2.37. The fraction of sp³-hybridized carbons (Fsp3) is 0.667. The quantitative estimate of drug-likeness (QED) is 0.707. The zero-order valence-electron chi connectivity index (χ0n) is 15.0. The van der Waals surface area contributed by atoms with Crippen LogP contribution in [0.3, 0.4) is 0 Å². The van der Waals surface area contributed by atoms with Gasteiger partial charge in [0.15, 0.2) is 0 Å². The Labute approximate surface area is 128 Å². The zero-order chi connectivity index (χ0) is 16.2. The second-order valence-corrected chi connectivity index (χ2v) is 9.06. The lowest BCUT2D eigenvalue weighted by atomic mass is 9.83. The van der Waals surface area contributed by atoms with E-state index in [1.54, 1.807) is 6.33 Å². The first-order valence-corrected chi connectivity index (χ1v) is 7.71. The third kappa shape index (κ3) is 2.83. The van der Waals surface area contributed by atoms with E-state index in [1.165, 1.54) is 16.8 Å². The van der Waals surface area contributed by atoms with Gasteiger partial charge in [-0.2, -0.15) is 5.10 Å². The summed E-state index contributed by atoms with van der Waals surface area (Å²) in [4.78, 5) is 4.62. The highest BCUT2D eigenvalue weighted by atomic mass is 15.2. The van der Waals surface area contributed by atoms with Crippen molar-refractivity contribution in [2.24, 2.45) is 0 Å². The molecule has 0 saturated heterocycles. The number of hydrogen-bond donors (Lipinski definition) is 0. The van der Waals surface area contributed by atoms with E-state index in [9.17, 15) is 0 Å². The van der Waals surface area contributed by atoms with E-state index >= 15 is 0 Å². The summed E-state index contributed by atoms with van der Waals surface area (Å²) in [5, 5.41) is 4.56. The summed E-state index contributed by atoms with van der Waals surface area (Å²) >= 11 is 0. The van der Waals surface area contributed by atoms with Crippen molar-refractivity contribution < 1.29 is 0 Å². The maximum Gasteiger partial charge on any atom is 0.136 e. The second kappa shape index (κ2) is 4.56. The first kappa shape index (κ1) is 16.0. The maximum absolute atomic E-state index is 4.62. The molecule has 0 bridgehead atoms. The number of rotatable bonds is 0. The topological polar surface area (TPSA) is 30.2 Å². The Morgan fingerprint density at radius 1 is 0.810 bits per heavy atom. The maximum atomic E-state index is 4.62. The van der Waals surface area contributed by atoms with Crippen LogP contribution in [0.25, 0.3) is 5.52 Å². The van der Waals surface area contributed by atoms with Crippen LogP contribution in [0, 0.1) is 0 Å². The molecule has 0 unspecified atom stereocenters. The molecule has 0 spiro atoms. The molecule has 0 saturated carbocycles. The van der Waals surface area contributed by atoms with Gasteiger partial charge in [-0.3, -0.25) is 0 Å². The number of aromatic nitrogens is 3. The van der Waals surface area contributed by atoms with Crippen LogP contribution in [0.5, 0.6) is 0 Å². The molecular formula is C18H29N3. The van der Waals surface area contributed by atoms with Gasteiger partial charge in [0.05, 0.1) is 11.2 Å². The van der Waals surface area contributed by atoms with Gasteiger partial charge in [0.25, 0.3) is 0 Å². The number of hydrogen-bond acceptors (Lipinski definition) is 2. The van der Waals surface area contributed by atoms with Crippen molar-refractivity contribution in [3.05, 3.63) is 29.3 Å². The zero-order valence-corrected chi connectivity index (χ0v) is 15.0. The molecule has 0 radical (unpaired) electrons. The third-order valence-corrected chi connectivity index (χ3v) is 3.84. The molecule has 0 aliphatic carbocycles. The van der Waals surface area contributed by atoms with Crippen LogP contribution in [0.15, 0.2) is 12.4 Å². The lowest BCUT2D eigenvalue weighted by molar-refractivity contribution is 0.537. The molecular weight excluding hydrogens is 258 g/mol. The van der Waals surface area contributed by atoms with Gasteiger partial charge in [-0.05, 0) is 17.0 Å². The highest BCUT2D eigenvalue weighted by molar-refractivity contribution is 5.65. The standard InChI is InChI=1S/C18H29N3/c1-16(2,3)12-10-13(17(4,5)6)21-14(12)15(18(7,8)9)19-11-20-21/h10-11H,1-9H3. The first-order chi connectivity index (χ1) is 9.33. The number of nitrogens with zero attached hydrogens (tertiary/aromatic N) is 3. The predicted octanol–water partition coefficient (Wildman–Crippen LogP) is 4.62. The molecule has 3 nitrogen and oxygen atoms in total. The smallest absolute Gasteiger partial charge is 0.136 e. The lowest BCUT2D eigenvalue weighted by Crippen LogP contribution is -2.20. The van der Waals surface area contributed by atoms with E-state index in [-0.39, 0.29) is 16.2 Å². The van der Waals surface area contributed by atoms with E-state index in [0.29, 0.717) is 0 Å². The normalized spacial score (nSPS) is 14.0. The Hall–Kier alpha value is -1.38. The Bertz CT molecular complexity index is 659. The van der Waals surface area contributed by atoms with Crippen LogP contribution in [-0.2, 0) is 16.2 Å². The molecule has 2 rings (SSSR count). The summed E-state index contributed by atoms with van der Waals surface area (Å²) in [5.74, 6) is 0. The van der Waals surface area contributed by atoms with E-state index in [0.717, 1.165) is 5.69 Å². The van der Waals surface area contributed by atoms with Crippen LogP contribution < -0.4 is 0 Å². The van der Waals surface area contributed by atoms with Gasteiger partial charge in [0.2, 0.25) is 0 Å². The van der Waals surface area contributed by atoms with Crippen molar-refractivity contribution in [1.82, 2.24) is 14.6 Å². The average Bonchev–Trinajstić information content (AvgIpc) is 2.65. The van der Waals surface area contributed by atoms with Crippen molar-refractivity contribution >= 4 is 5.52 Å². The van der Waals surface area contributed by atoms with E-state index in [2.05, 4.69) is 83.0 Å². The Balaban J connectivity index is 2.97. The molecule has 3 heteroatoms. The Morgan fingerprint density at radius 3 is 1.81 bits per heavy atom. The average molecular weight is 287 g/mol. The molecule has 116 valence electrons. The SMILES string of the molecule is CC(C)(C)c1cc(C(C)(C)C)n2ncnc(C(C)(C)C)c12. The highest BCUT2D eigenvalue weighted by Gasteiger charge is 2.31. The van der Waals surface area contributed by atoms with Gasteiger partial charge < -0.3 is 0 Å². The van der Waals surface area contributed by atoms with E-state index in [1.807, 2.05) is 0 Å². The van der Waals surface area contributed by atoms with Crippen molar-refractivity contribution in [2.45, 2.75) is 78.6 Å². The second-order valence-electron chi connectivity index (χ2n) is 9.06.